The third-order valence-corrected chi connectivity index (χ3v) is 5.45. The highest BCUT2D eigenvalue weighted by Crippen LogP contribution is 2.26. The molecule has 0 bridgehead atoms. The first-order valence-electron chi connectivity index (χ1n) is 6.07. The number of rotatable bonds is 2. The molecule has 2 fully saturated rings. The van der Waals surface area contributed by atoms with Gasteiger partial charge in [0.05, 0.1) is 18.6 Å². The van der Waals surface area contributed by atoms with E-state index in [1.54, 1.807) is 0 Å². The number of esters is 1. The van der Waals surface area contributed by atoms with Crippen LogP contribution in [0.25, 0.3) is 0 Å². The van der Waals surface area contributed by atoms with Crippen LogP contribution in [-0.4, -0.2) is 56.5 Å². The largest absolute Gasteiger partial charge is 0.468 e. The maximum absolute atomic E-state index is 11.7. The van der Waals surface area contributed by atoms with Gasteiger partial charge in [0.25, 0.3) is 0 Å². The van der Waals surface area contributed by atoms with Crippen LogP contribution in [0, 0.1) is 0 Å². The maximum atomic E-state index is 11.7. The predicted molar refractivity (Wildman–Crippen MR) is 63.4 cm³/mol. The number of nitrogens with zero attached hydrogens (tertiary/aromatic N) is 1. The highest BCUT2D eigenvalue weighted by atomic mass is 32.2. The topological polar surface area (TPSA) is 63.7 Å². The molecule has 2 aliphatic rings. The first-order chi connectivity index (χ1) is 8.03. The monoisotopic (exact) mass is 261 g/mol. The zero-order valence-corrected chi connectivity index (χ0v) is 10.9. The Labute approximate surface area is 102 Å². The Morgan fingerprint density at radius 3 is 2.65 bits per heavy atom. The minimum absolute atomic E-state index is 0.00407. The van der Waals surface area contributed by atoms with Gasteiger partial charge in [0.1, 0.15) is 6.04 Å². The molecule has 2 heterocycles. The standard InChI is InChI=1S/C11H19NO4S/c1-16-11(13)10-4-2-3-6-12(10)9-5-7-17(14,15)8-9/h9-10H,2-8H2,1H3. The third kappa shape index (κ3) is 2.80. The van der Waals surface area contributed by atoms with E-state index in [1.807, 2.05) is 4.90 Å². The van der Waals surface area contributed by atoms with Gasteiger partial charge in [-0.25, -0.2) is 8.42 Å². The fourth-order valence-corrected chi connectivity index (χ4v) is 4.56. The van der Waals surface area contributed by atoms with E-state index in [9.17, 15) is 13.2 Å². The van der Waals surface area contributed by atoms with E-state index in [1.165, 1.54) is 7.11 Å². The maximum Gasteiger partial charge on any atom is 0.323 e. The van der Waals surface area contributed by atoms with Crippen LogP contribution in [0.3, 0.4) is 0 Å². The lowest BCUT2D eigenvalue weighted by atomic mass is 9.99. The van der Waals surface area contributed by atoms with Crippen molar-refractivity contribution >= 4 is 15.8 Å². The number of methoxy groups -OCH3 is 1. The molecule has 2 aliphatic heterocycles. The smallest absolute Gasteiger partial charge is 0.323 e. The molecule has 0 aromatic rings. The van der Waals surface area contributed by atoms with Gasteiger partial charge in [-0.1, -0.05) is 6.42 Å². The molecular weight excluding hydrogens is 242 g/mol. The number of piperidine rings is 1. The molecular formula is C11H19NO4S. The summed E-state index contributed by atoms with van der Waals surface area (Å²) in [4.78, 5) is 13.7. The molecule has 2 atom stereocenters. The van der Waals surface area contributed by atoms with Crippen LogP contribution >= 0.6 is 0 Å². The van der Waals surface area contributed by atoms with Crippen LogP contribution in [0.1, 0.15) is 25.7 Å². The van der Waals surface area contributed by atoms with E-state index in [-0.39, 0.29) is 29.6 Å². The van der Waals surface area contributed by atoms with Crippen molar-refractivity contribution < 1.29 is 17.9 Å². The molecule has 0 spiro atoms. The van der Waals surface area contributed by atoms with Crippen molar-refractivity contribution in [3.63, 3.8) is 0 Å². The van der Waals surface area contributed by atoms with Gasteiger partial charge in [0, 0.05) is 6.04 Å². The molecule has 6 heteroatoms. The molecule has 0 aromatic heterocycles. The molecule has 0 aliphatic carbocycles. The van der Waals surface area contributed by atoms with Gasteiger partial charge in [0.15, 0.2) is 9.84 Å². The van der Waals surface area contributed by atoms with Crippen LogP contribution in [0.15, 0.2) is 0 Å². The Bertz CT molecular complexity index is 392. The summed E-state index contributed by atoms with van der Waals surface area (Å²) in [7, 11) is -1.51. The number of carbonyl (C=O) groups is 1. The first-order valence-corrected chi connectivity index (χ1v) is 7.89. The molecule has 17 heavy (non-hydrogen) atoms. The minimum atomic E-state index is -2.89. The molecule has 0 N–H and O–H groups in total. The number of hydrogen-bond donors (Lipinski definition) is 0. The van der Waals surface area contributed by atoms with Crippen LogP contribution in [0.2, 0.25) is 0 Å². The SMILES string of the molecule is COC(=O)C1CCCCN1C1CCS(=O)(=O)C1. The van der Waals surface area contributed by atoms with Gasteiger partial charge in [-0.2, -0.15) is 0 Å². The summed E-state index contributed by atoms with van der Waals surface area (Å²) in [6.07, 6.45) is 3.47. The van der Waals surface area contributed by atoms with Crippen molar-refractivity contribution in [3.8, 4) is 0 Å². The normalized spacial score (nSPS) is 33.5. The molecule has 2 saturated heterocycles. The Kier molecular flexibility index (Phi) is 3.73. The van der Waals surface area contributed by atoms with Gasteiger partial charge in [0.2, 0.25) is 0 Å². The number of carbonyl (C=O) groups excluding carboxylic acids is 1. The molecule has 98 valence electrons. The molecule has 2 unspecified atom stereocenters. The summed E-state index contributed by atoms with van der Waals surface area (Å²) >= 11 is 0. The second-order valence-corrected chi connectivity index (χ2v) is 7.06. The van der Waals surface area contributed by atoms with Crippen molar-refractivity contribution in [2.24, 2.45) is 0 Å². The Hall–Kier alpha value is -0.620. The Balaban J connectivity index is 2.09. The summed E-state index contributed by atoms with van der Waals surface area (Å²) in [5.41, 5.74) is 0. The fraction of sp³-hybridized carbons (Fsp3) is 0.909. The number of sulfone groups is 1. The minimum Gasteiger partial charge on any atom is -0.468 e. The van der Waals surface area contributed by atoms with Crippen molar-refractivity contribution in [2.45, 2.75) is 37.8 Å². The zero-order chi connectivity index (χ0) is 12.5. The average molecular weight is 261 g/mol. The van der Waals surface area contributed by atoms with E-state index >= 15 is 0 Å². The molecule has 5 nitrogen and oxygen atoms in total. The molecule has 0 radical (unpaired) electrons. The van der Waals surface area contributed by atoms with Crippen molar-refractivity contribution in [1.82, 2.24) is 4.90 Å². The third-order valence-electron chi connectivity index (χ3n) is 3.69. The van der Waals surface area contributed by atoms with E-state index < -0.39 is 9.84 Å². The van der Waals surface area contributed by atoms with Crippen LogP contribution in [-0.2, 0) is 19.4 Å². The van der Waals surface area contributed by atoms with E-state index in [2.05, 4.69) is 0 Å². The summed E-state index contributed by atoms with van der Waals surface area (Å²) in [5.74, 6) is 0.219. The van der Waals surface area contributed by atoms with Crippen LogP contribution < -0.4 is 0 Å². The average Bonchev–Trinajstić information content (AvgIpc) is 2.68. The number of likely N-dealkylation sites (tertiary alicyclic amines) is 1. The van der Waals surface area contributed by atoms with Crippen LogP contribution in [0.4, 0.5) is 0 Å². The molecule has 0 aromatic carbocycles. The van der Waals surface area contributed by atoms with E-state index in [4.69, 9.17) is 4.74 Å². The van der Waals surface area contributed by atoms with Crippen molar-refractivity contribution in [1.29, 1.82) is 0 Å². The lowest BCUT2D eigenvalue weighted by Gasteiger charge is -2.37. The fourth-order valence-electron chi connectivity index (χ4n) is 2.82. The Morgan fingerprint density at radius 2 is 2.06 bits per heavy atom. The Morgan fingerprint density at radius 1 is 1.29 bits per heavy atom. The second kappa shape index (κ2) is 4.94. The second-order valence-electron chi connectivity index (χ2n) is 4.83. The van der Waals surface area contributed by atoms with Gasteiger partial charge in [-0.05, 0) is 25.8 Å². The first kappa shape index (κ1) is 12.8. The van der Waals surface area contributed by atoms with Crippen molar-refractivity contribution in [3.05, 3.63) is 0 Å². The van der Waals surface area contributed by atoms with E-state index in [0.717, 1.165) is 25.8 Å². The lowest BCUT2D eigenvalue weighted by molar-refractivity contribution is -0.149. The zero-order valence-electron chi connectivity index (χ0n) is 10.1. The summed E-state index contributed by atoms with van der Waals surface area (Å²) in [6, 6.07) is -0.239. The van der Waals surface area contributed by atoms with E-state index in [0.29, 0.717) is 6.42 Å². The van der Waals surface area contributed by atoms with Gasteiger partial charge >= 0.3 is 5.97 Å². The highest BCUT2D eigenvalue weighted by molar-refractivity contribution is 7.91. The van der Waals surface area contributed by atoms with Crippen molar-refractivity contribution in [2.75, 3.05) is 25.2 Å². The highest BCUT2D eigenvalue weighted by Gasteiger charge is 2.39. The lowest BCUT2D eigenvalue weighted by Crippen LogP contribution is -2.50. The summed E-state index contributed by atoms with van der Waals surface area (Å²) < 4.78 is 27.8. The quantitative estimate of drug-likeness (QED) is 0.665. The van der Waals surface area contributed by atoms with Gasteiger partial charge in [-0.3, -0.25) is 9.69 Å². The number of hydrogen-bond acceptors (Lipinski definition) is 5. The molecule has 2 rings (SSSR count). The van der Waals surface area contributed by atoms with Gasteiger partial charge in [-0.15, -0.1) is 0 Å². The summed E-state index contributed by atoms with van der Waals surface area (Å²) in [6.45, 7) is 0.806. The molecule has 0 amide bonds. The molecule has 0 saturated carbocycles. The van der Waals surface area contributed by atoms with Crippen LogP contribution in [0.5, 0.6) is 0 Å². The summed E-state index contributed by atoms with van der Waals surface area (Å²) in [5, 5.41) is 0. The van der Waals surface area contributed by atoms with Gasteiger partial charge < -0.3 is 4.74 Å². The number of ether oxygens (including phenoxy) is 1. The predicted octanol–water partition coefficient (Wildman–Crippen LogP) is 0.201.